The molecule has 1 aliphatic rings. The molecule has 5 heteroatoms. The van der Waals surface area contributed by atoms with E-state index in [1.807, 2.05) is 6.20 Å². The highest BCUT2D eigenvalue weighted by Gasteiger charge is 2.33. The second-order valence-electron chi connectivity index (χ2n) is 5.11. The largest absolute Gasteiger partial charge is 0.481 e. The van der Waals surface area contributed by atoms with Crippen LogP contribution in [0.25, 0.3) is 0 Å². The number of carbonyl (C=O) groups is 1. The third-order valence-corrected chi connectivity index (χ3v) is 4.65. The number of imidazole rings is 1. The molecule has 0 bridgehead atoms. The van der Waals surface area contributed by atoms with E-state index in [0.29, 0.717) is 0 Å². The van der Waals surface area contributed by atoms with Crippen LogP contribution in [0.1, 0.15) is 45.2 Å². The summed E-state index contributed by atoms with van der Waals surface area (Å²) in [6.07, 6.45) is 7.67. The average Bonchev–Trinajstić information content (AvgIpc) is 2.92. The van der Waals surface area contributed by atoms with Crippen LogP contribution in [0.2, 0.25) is 0 Å². The molecule has 18 heavy (non-hydrogen) atoms. The van der Waals surface area contributed by atoms with E-state index in [0.717, 1.165) is 24.4 Å². The van der Waals surface area contributed by atoms with Crippen molar-refractivity contribution >= 4 is 17.7 Å². The van der Waals surface area contributed by atoms with E-state index in [9.17, 15) is 4.79 Å². The smallest absolute Gasteiger partial charge is 0.313 e. The van der Waals surface area contributed by atoms with Crippen LogP contribution < -0.4 is 0 Å². The molecular weight excluding hydrogens is 248 g/mol. The summed E-state index contributed by atoms with van der Waals surface area (Å²) in [5, 5.41) is 9.66. The van der Waals surface area contributed by atoms with Crippen LogP contribution in [0.15, 0.2) is 11.4 Å². The molecule has 1 fully saturated rings. The molecule has 0 atom stereocenters. The Hall–Kier alpha value is -0.970. The SMILES string of the molecule is CCc1cnc(SCC(=O)O)n1C1(C)CCCC1. The van der Waals surface area contributed by atoms with Gasteiger partial charge in [-0.05, 0) is 26.2 Å². The summed E-state index contributed by atoms with van der Waals surface area (Å²) >= 11 is 1.33. The number of hydrogen-bond acceptors (Lipinski definition) is 3. The van der Waals surface area contributed by atoms with E-state index in [1.165, 1.54) is 30.3 Å². The summed E-state index contributed by atoms with van der Waals surface area (Å²) in [5.41, 5.74) is 1.34. The molecule has 0 amide bonds. The molecule has 1 aromatic rings. The molecule has 2 rings (SSSR count). The monoisotopic (exact) mass is 268 g/mol. The van der Waals surface area contributed by atoms with E-state index < -0.39 is 5.97 Å². The van der Waals surface area contributed by atoms with Gasteiger partial charge in [-0.3, -0.25) is 4.79 Å². The molecule has 1 heterocycles. The zero-order chi connectivity index (χ0) is 13.2. The van der Waals surface area contributed by atoms with Crippen LogP contribution in [0.5, 0.6) is 0 Å². The number of aliphatic carboxylic acids is 1. The Bertz CT molecular complexity index is 436. The van der Waals surface area contributed by atoms with E-state index >= 15 is 0 Å². The molecule has 0 saturated heterocycles. The van der Waals surface area contributed by atoms with Gasteiger partial charge >= 0.3 is 5.97 Å². The minimum Gasteiger partial charge on any atom is -0.481 e. The summed E-state index contributed by atoms with van der Waals surface area (Å²) in [7, 11) is 0. The van der Waals surface area contributed by atoms with Gasteiger partial charge in [-0.15, -0.1) is 0 Å². The van der Waals surface area contributed by atoms with Gasteiger partial charge in [0.25, 0.3) is 0 Å². The normalized spacial score (nSPS) is 18.1. The Morgan fingerprint density at radius 2 is 2.22 bits per heavy atom. The van der Waals surface area contributed by atoms with Crippen molar-refractivity contribution in [2.45, 2.75) is 56.6 Å². The number of aromatic nitrogens is 2. The Balaban J connectivity index is 2.30. The third-order valence-electron chi connectivity index (χ3n) is 3.71. The third kappa shape index (κ3) is 2.55. The first-order valence-electron chi connectivity index (χ1n) is 6.48. The van der Waals surface area contributed by atoms with Crippen LogP contribution in [0, 0.1) is 0 Å². The summed E-state index contributed by atoms with van der Waals surface area (Å²) in [5.74, 6) is -0.708. The Kier molecular flexibility index (Phi) is 4.00. The first kappa shape index (κ1) is 13.5. The van der Waals surface area contributed by atoms with Crippen molar-refractivity contribution in [3.8, 4) is 0 Å². The van der Waals surface area contributed by atoms with Crippen molar-refractivity contribution in [1.82, 2.24) is 9.55 Å². The molecule has 4 nitrogen and oxygen atoms in total. The average molecular weight is 268 g/mol. The first-order chi connectivity index (χ1) is 8.57. The van der Waals surface area contributed by atoms with Crippen molar-refractivity contribution in [1.29, 1.82) is 0 Å². The number of hydrogen-bond donors (Lipinski definition) is 1. The number of thioether (sulfide) groups is 1. The Labute approximate surface area is 112 Å². The van der Waals surface area contributed by atoms with Gasteiger partial charge in [-0.2, -0.15) is 0 Å². The van der Waals surface area contributed by atoms with Crippen molar-refractivity contribution < 1.29 is 9.90 Å². The van der Waals surface area contributed by atoms with Crippen LogP contribution in [0.3, 0.4) is 0 Å². The lowest BCUT2D eigenvalue weighted by molar-refractivity contribution is -0.133. The van der Waals surface area contributed by atoms with Crippen molar-refractivity contribution in [2.75, 3.05) is 5.75 Å². The van der Waals surface area contributed by atoms with Gasteiger partial charge in [-0.25, -0.2) is 4.98 Å². The molecule has 1 aliphatic carbocycles. The van der Waals surface area contributed by atoms with Gasteiger partial charge in [-0.1, -0.05) is 31.5 Å². The maximum atomic E-state index is 10.7. The maximum absolute atomic E-state index is 10.7. The first-order valence-corrected chi connectivity index (χ1v) is 7.47. The topological polar surface area (TPSA) is 55.1 Å². The molecule has 0 spiro atoms. The van der Waals surface area contributed by atoms with E-state index in [-0.39, 0.29) is 11.3 Å². The molecule has 0 unspecified atom stereocenters. The summed E-state index contributed by atoms with van der Waals surface area (Å²) in [4.78, 5) is 15.1. The lowest BCUT2D eigenvalue weighted by Crippen LogP contribution is -2.28. The molecule has 1 N–H and O–H groups in total. The molecule has 1 aromatic heterocycles. The van der Waals surface area contributed by atoms with Gasteiger partial charge in [0.2, 0.25) is 0 Å². The van der Waals surface area contributed by atoms with E-state index in [1.54, 1.807) is 0 Å². The fraction of sp³-hybridized carbons (Fsp3) is 0.692. The quantitative estimate of drug-likeness (QED) is 0.834. The van der Waals surface area contributed by atoms with Gasteiger partial charge in [0.05, 0.1) is 5.75 Å². The van der Waals surface area contributed by atoms with Gasteiger partial charge in [0, 0.05) is 17.4 Å². The highest BCUT2D eigenvalue weighted by atomic mass is 32.2. The molecule has 0 aromatic carbocycles. The van der Waals surface area contributed by atoms with Gasteiger partial charge in [0.15, 0.2) is 5.16 Å². The fourth-order valence-corrected chi connectivity index (χ4v) is 3.63. The minimum atomic E-state index is -0.788. The van der Waals surface area contributed by atoms with Crippen LogP contribution in [0.4, 0.5) is 0 Å². The van der Waals surface area contributed by atoms with Crippen LogP contribution in [-0.4, -0.2) is 26.4 Å². The standard InChI is InChI=1S/C13H20N2O2S/c1-3-10-8-14-12(18-9-11(16)17)15(10)13(2)6-4-5-7-13/h8H,3-7,9H2,1-2H3,(H,16,17). The summed E-state index contributed by atoms with van der Waals surface area (Å²) in [6.45, 7) is 4.39. The predicted octanol–water partition coefficient (Wildman–Crippen LogP) is 2.91. The number of nitrogens with zero attached hydrogens (tertiary/aromatic N) is 2. The molecule has 0 aliphatic heterocycles. The van der Waals surface area contributed by atoms with Crippen molar-refractivity contribution in [3.63, 3.8) is 0 Å². The van der Waals surface area contributed by atoms with Gasteiger partial charge < -0.3 is 9.67 Å². The van der Waals surface area contributed by atoms with E-state index in [4.69, 9.17) is 5.11 Å². The maximum Gasteiger partial charge on any atom is 0.313 e. The highest BCUT2D eigenvalue weighted by molar-refractivity contribution is 7.99. The lowest BCUT2D eigenvalue weighted by Gasteiger charge is -2.29. The second-order valence-corrected chi connectivity index (χ2v) is 6.05. The number of aryl methyl sites for hydroxylation is 1. The zero-order valence-corrected chi connectivity index (χ0v) is 11.8. The Morgan fingerprint density at radius 3 is 2.78 bits per heavy atom. The predicted molar refractivity (Wildman–Crippen MR) is 72.1 cm³/mol. The Morgan fingerprint density at radius 1 is 1.56 bits per heavy atom. The van der Waals surface area contributed by atoms with Gasteiger partial charge in [0.1, 0.15) is 0 Å². The fourth-order valence-electron chi connectivity index (χ4n) is 2.78. The molecule has 100 valence electrons. The number of carboxylic acids is 1. The molecule has 1 saturated carbocycles. The lowest BCUT2D eigenvalue weighted by atomic mass is 10.00. The van der Waals surface area contributed by atoms with E-state index in [2.05, 4.69) is 23.4 Å². The molecule has 0 radical (unpaired) electrons. The molecular formula is C13H20N2O2S. The van der Waals surface area contributed by atoms with Crippen LogP contribution in [-0.2, 0) is 16.8 Å². The second kappa shape index (κ2) is 5.34. The highest BCUT2D eigenvalue weighted by Crippen LogP contribution is 2.39. The summed E-state index contributed by atoms with van der Waals surface area (Å²) < 4.78 is 2.29. The number of carboxylic acid groups (broad SMARTS) is 1. The van der Waals surface area contributed by atoms with Crippen molar-refractivity contribution in [2.24, 2.45) is 0 Å². The zero-order valence-electron chi connectivity index (χ0n) is 11.0. The van der Waals surface area contributed by atoms with Crippen molar-refractivity contribution in [3.05, 3.63) is 11.9 Å². The minimum absolute atomic E-state index is 0.0796. The summed E-state index contributed by atoms with van der Waals surface area (Å²) in [6, 6.07) is 0. The number of rotatable bonds is 5. The van der Waals surface area contributed by atoms with Crippen LogP contribution >= 0.6 is 11.8 Å².